The van der Waals surface area contributed by atoms with Crippen molar-refractivity contribution in [3.8, 4) is 0 Å². The van der Waals surface area contributed by atoms with Crippen LogP contribution in [0.25, 0.3) is 11.1 Å². The number of rotatable bonds is 4. The van der Waals surface area contributed by atoms with Crippen LogP contribution in [-0.4, -0.2) is 29.8 Å². The van der Waals surface area contributed by atoms with E-state index < -0.39 is 0 Å². The number of allylic oxidation sites excluding steroid dienone is 6. The minimum atomic E-state index is -0.181. The summed E-state index contributed by atoms with van der Waals surface area (Å²) in [5, 5.41) is 18.6. The molecule has 0 amide bonds. The Morgan fingerprint density at radius 3 is 1.52 bits per heavy atom. The summed E-state index contributed by atoms with van der Waals surface area (Å²) in [7, 11) is 0. The van der Waals surface area contributed by atoms with Crippen LogP contribution in [0.2, 0.25) is 0 Å². The van der Waals surface area contributed by atoms with E-state index in [1.807, 2.05) is 0 Å². The minimum absolute atomic E-state index is 0. The first-order valence-corrected chi connectivity index (χ1v) is 23.7. The zero-order chi connectivity index (χ0) is 43.3. The zero-order valence-electron chi connectivity index (χ0n) is 41.0. The Morgan fingerprint density at radius 1 is 0.651 bits per heavy atom. The van der Waals surface area contributed by atoms with E-state index in [9.17, 15) is 9.90 Å². The quantitative estimate of drug-likeness (QED) is 0.105. The second-order valence-corrected chi connectivity index (χ2v) is 21.3. The number of carbonyl (C=O) groups excluding carboxylic acids is 2. The summed E-state index contributed by atoms with van der Waals surface area (Å²) in [6.07, 6.45) is 26.7. The van der Waals surface area contributed by atoms with Crippen molar-refractivity contribution in [1.82, 2.24) is 0 Å². The first-order valence-electron chi connectivity index (χ1n) is 23.7. The number of aliphatic hydroxyl groups is 1. The van der Waals surface area contributed by atoms with Crippen molar-refractivity contribution in [2.24, 2.45) is 57.2 Å². The molecule has 4 fully saturated rings. The maximum atomic E-state index is 11.5. The summed E-state index contributed by atoms with van der Waals surface area (Å²) in [6.45, 7) is 16.0. The molecule has 4 saturated carbocycles. The number of ether oxygens (including phenoxy) is 1. The summed E-state index contributed by atoms with van der Waals surface area (Å²) in [5.74, 6) is 4.59. The molecule has 2 aromatic rings. The van der Waals surface area contributed by atoms with Crippen molar-refractivity contribution in [2.75, 3.05) is 0 Å². The number of benzene rings is 2. The second kappa shape index (κ2) is 21.0. The van der Waals surface area contributed by atoms with Crippen LogP contribution in [0.5, 0.6) is 0 Å². The molecule has 2 aromatic carbocycles. The van der Waals surface area contributed by atoms with E-state index >= 15 is 0 Å². The van der Waals surface area contributed by atoms with Crippen molar-refractivity contribution in [3.63, 3.8) is 0 Å². The normalized spacial score (nSPS) is 37.9. The average molecular weight is 907 g/mol. The van der Waals surface area contributed by atoms with E-state index in [0.717, 1.165) is 61.2 Å². The van der Waals surface area contributed by atoms with Gasteiger partial charge in [-0.3, -0.25) is 9.59 Å². The number of hydrogen-bond acceptors (Lipinski definition) is 6. The first-order chi connectivity index (χ1) is 29.2. The second-order valence-electron chi connectivity index (χ2n) is 21.3. The molecular weight excluding hydrogens is 835 g/mol. The van der Waals surface area contributed by atoms with Crippen molar-refractivity contribution in [1.29, 1.82) is 0 Å². The summed E-state index contributed by atoms with van der Waals surface area (Å²) in [6, 6.07) is 17.9. The number of hydrogen-bond donors (Lipinski definition) is 1. The standard InChI is InChI=1S/C28H36O2.C26H34O.CH2O3.2K.H/c1-18-7-5-6-8-22(18)24-11-12-25-23-10-9-20-17-21(30-19(2)29)13-15-27(20,3)26(23)14-16-28(24,25)4;1-17-6-4-5-7-20(17)22-10-11-23-21-9-8-18-16-19(27)12-14-25(18,2)24(21)13-15-26(22,23)3;2-1-4-3;;;/h5-9,11,21,23,25-26H,10,12-17H2,1-4H3;4-8,10,19,21,23-24,27H,9,11-16H2,1-3H3;1,3H;;;/q;;;2*+1;-1/p-1/t21-,23-,25-,26-,27-,28+;19-,21-,23-,24-,25-,26+;;;;/m00..../s1. The first kappa shape index (κ1) is 51.9. The Balaban J connectivity index is 0.000000214. The molecular formula is C55H72K2O6. The monoisotopic (exact) mass is 906 g/mol. The molecule has 0 aliphatic heterocycles. The maximum Gasteiger partial charge on any atom is 1.00 e. The number of esters is 1. The van der Waals surface area contributed by atoms with Crippen LogP contribution >= 0.6 is 0 Å². The zero-order valence-corrected chi connectivity index (χ0v) is 46.3. The van der Waals surface area contributed by atoms with Gasteiger partial charge in [0, 0.05) is 13.3 Å². The van der Waals surface area contributed by atoms with E-state index in [1.54, 1.807) is 29.2 Å². The van der Waals surface area contributed by atoms with E-state index in [2.05, 4.69) is 119 Å². The molecule has 8 aliphatic carbocycles. The maximum absolute atomic E-state index is 11.5. The molecule has 0 heterocycles. The molecule has 63 heavy (non-hydrogen) atoms. The van der Waals surface area contributed by atoms with E-state index in [-0.39, 0.29) is 129 Å². The van der Waals surface area contributed by atoms with Gasteiger partial charge in [-0.05, 0) is 188 Å². The molecule has 8 heteroatoms. The summed E-state index contributed by atoms with van der Waals surface area (Å²) < 4.78 is 5.59. The van der Waals surface area contributed by atoms with Gasteiger partial charge in [-0.15, -0.1) is 0 Å². The summed E-state index contributed by atoms with van der Waals surface area (Å²) in [4.78, 5) is 22.7. The number of aliphatic hydroxyl groups excluding tert-OH is 1. The third kappa shape index (κ3) is 9.62. The number of aryl methyl sites for hydroxylation is 2. The van der Waals surface area contributed by atoms with Crippen LogP contribution in [-0.2, 0) is 19.2 Å². The predicted octanol–water partition coefficient (Wildman–Crippen LogP) is 5.75. The fourth-order valence-corrected chi connectivity index (χ4v) is 15.3. The molecule has 0 unspecified atom stereocenters. The fourth-order valence-electron chi connectivity index (χ4n) is 15.3. The van der Waals surface area contributed by atoms with Gasteiger partial charge in [0.05, 0.1) is 6.10 Å². The van der Waals surface area contributed by atoms with Crippen molar-refractivity contribution < 1.29 is 134 Å². The smallest absolute Gasteiger partial charge is 1.00 e. The minimum Gasteiger partial charge on any atom is -1.00 e. The van der Waals surface area contributed by atoms with Crippen LogP contribution in [0.3, 0.4) is 0 Å². The van der Waals surface area contributed by atoms with Gasteiger partial charge in [-0.25, -0.2) is 0 Å². The van der Waals surface area contributed by atoms with Gasteiger partial charge in [0.25, 0.3) is 6.47 Å². The van der Waals surface area contributed by atoms with Crippen LogP contribution in [0.4, 0.5) is 0 Å². The van der Waals surface area contributed by atoms with E-state index in [1.165, 1.54) is 86.5 Å². The molecule has 330 valence electrons. The topological polar surface area (TPSA) is 95.9 Å². The SMILES string of the molecule is CC(=O)O[C@H]1CC[C@@]2(C)C(=CC[C@@H]3[C@@H]2CC[C@]2(C)C(c4ccccc4C)=CC[C@@H]32)C1.Cc1ccccc1C1=CC[C@H]2[C@@H]3CC=C4C[C@@H](O)CC[C@]4(C)[C@H]3CC[C@]12C.O=CO[O-].[H-].[K+].[K+]. The van der Waals surface area contributed by atoms with Crippen LogP contribution in [0, 0.1) is 71.0 Å². The molecule has 6 nitrogen and oxygen atoms in total. The molecule has 0 saturated heterocycles. The van der Waals surface area contributed by atoms with Crippen molar-refractivity contribution in [2.45, 2.75) is 151 Å². The molecule has 0 radical (unpaired) electrons. The molecule has 8 aliphatic rings. The van der Waals surface area contributed by atoms with Gasteiger partial charge in [-0.2, -0.15) is 0 Å². The molecule has 1 N–H and O–H groups in total. The summed E-state index contributed by atoms with van der Waals surface area (Å²) in [5.41, 5.74) is 13.5. The fraction of sp³-hybridized carbons (Fsp3) is 0.600. The van der Waals surface area contributed by atoms with Gasteiger partial charge >= 0.3 is 109 Å². The van der Waals surface area contributed by atoms with Gasteiger partial charge in [0.15, 0.2) is 0 Å². The van der Waals surface area contributed by atoms with E-state index in [4.69, 9.17) is 14.8 Å². The Kier molecular flexibility index (Phi) is 17.3. The molecule has 10 rings (SSSR count). The molecule has 0 bridgehead atoms. The molecule has 0 spiro atoms. The Labute approximate surface area is 465 Å². The number of fused-ring (bicyclic) bond motifs is 10. The van der Waals surface area contributed by atoms with Crippen LogP contribution in [0.1, 0.15) is 148 Å². The Bertz CT molecular complexity index is 2130. The average Bonchev–Trinajstić information content (AvgIpc) is 3.78. The molecule has 0 aromatic heterocycles. The van der Waals surface area contributed by atoms with Gasteiger partial charge < -0.3 is 21.4 Å². The van der Waals surface area contributed by atoms with Crippen molar-refractivity contribution in [3.05, 3.63) is 106 Å². The van der Waals surface area contributed by atoms with Gasteiger partial charge in [-0.1, -0.05) is 112 Å². The van der Waals surface area contributed by atoms with Crippen molar-refractivity contribution >= 4 is 23.6 Å². The number of carbonyl (C=O) groups is 2. The largest absolute Gasteiger partial charge is 1.00 e. The summed E-state index contributed by atoms with van der Waals surface area (Å²) >= 11 is 0. The third-order valence-corrected chi connectivity index (χ3v) is 18.5. The van der Waals surface area contributed by atoms with Crippen LogP contribution in [0.15, 0.2) is 84.0 Å². The predicted molar refractivity (Wildman–Crippen MR) is 242 cm³/mol. The Morgan fingerprint density at radius 2 is 1.08 bits per heavy atom. The van der Waals surface area contributed by atoms with E-state index in [0.29, 0.717) is 21.7 Å². The molecule has 12 atom stereocenters. The Hall–Kier alpha value is -0.467. The third-order valence-electron chi connectivity index (χ3n) is 18.5. The van der Waals surface area contributed by atoms with Gasteiger partial charge in [0.2, 0.25) is 0 Å². The van der Waals surface area contributed by atoms with Crippen LogP contribution < -0.4 is 108 Å². The van der Waals surface area contributed by atoms with Gasteiger partial charge in [0.1, 0.15) is 6.10 Å².